The van der Waals surface area contributed by atoms with Crippen LogP contribution in [0.4, 0.5) is 5.69 Å². The Morgan fingerprint density at radius 3 is 2.71 bits per heavy atom. The van der Waals surface area contributed by atoms with Crippen molar-refractivity contribution in [3.8, 4) is 0 Å². The third-order valence-corrected chi connectivity index (χ3v) is 2.67. The number of hydrogen-bond acceptors (Lipinski definition) is 3. The molecule has 4 nitrogen and oxygen atoms in total. The smallest absolute Gasteiger partial charge is 0.171 e. The largest absolute Gasteiger partial charge is 0.394 e. The lowest BCUT2D eigenvalue weighted by Gasteiger charge is -2.30. The van der Waals surface area contributed by atoms with Gasteiger partial charge in [0.1, 0.15) is 0 Å². The Bertz CT molecular complexity index is 362. The molecule has 0 aliphatic carbocycles. The van der Waals surface area contributed by atoms with Crippen molar-refractivity contribution < 1.29 is 5.11 Å². The van der Waals surface area contributed by atoms with Crippen molar-refractivity contribution in [1.82, 2.24) is 10.3 Å². The Morgan fingerprint density at radius 1 is 1.53 bits per heavy atom. The predicted octanol–water partition coefficient (Wildman–Crippen LogP) is 1.77. The highest BCUT2D eigenvalue weighted by Gasteiger charge is 2.24. The standard InChI is InChI=1S/C12H19N3OS/c1-12(2,3)10(8-16)15-11(17)14-9-5-4-6-13-7-9/h4-7,10,16H,8H2,1-3H3,(H2,14,15,17)/t10-/m1/s1. The minimum Gasteiger partial charge on any atom is -0.394 e. The lowest BCUT2D eigenvalue weighted by Crippen LogP contribution is -2.47. The van der Waals surface area contributed by atoms with E-state index in [1.807, 2.05) is 32.9 Å². The normalized spacial score (nSPS) is 12.9. The summed E-state index contributed by atoms with van der Waals surface area (Å²) >= 11 is 5.19. The van der Waals surface area contributed by atoms with Crippen LogP contribution in [0.15, 0.2) is 24.5 Å². The lowest BCUT2D eigenvalue weighted by molar-refractivity contribution is 0.175. The monoisotopic (exact) mass is 253 g/mol. The number of anilines is 1. The molecule has 1 aromatic heterocycles. The van der Waals surface area contributed by atoms with Gasteiger partial charge in [0.05, 0.1) is 24.5 Å². The minimum absolute atomic E-state index is 0.0400. The van der Waals surface area contributed by atoms with Crippen molar-refractivity contribution in [2.75, 3.05) is 11.9 Å². The Morgan fingerprint density at radius 2 is 2.24 bits per heavy atom. The van der Waals surface area contributed by atoms with Crippen LogP contribution in [0.1, 0.15) is 20.8 Å². The minimum atomic E-state index is -0.0841. The van der Waals surface area contributed by atoms with E-state index < -0.39 is 0 Å². The van der Waals surface area contributed by atoms with Gasteiger partial charge in [-0.2, -0.15) is 0 Å². The number of pyridine rings is 1. The highest BCUT2D eigenvalue weighted by Crippen LogP contribution is 2.18. The summed E-state index contributed by atoms with van der Waals surface area (Å²) < 4.78 is 0. The van der Waals surface area contributed by atoms with Crippen LogP contribution in [0.25, 0.3) is 0 Å². The molecule has 1 aromatic rings. The molecule has 0 saturated carbocycles. The average Bonchev–Trinajstić information content (AvgIpc) is 2.25. The molecule has 0 radical (unpaired) electrons. The lowest BCUT2D eigenvalue weighted by atomic mass is 9.87. The summed E-state index contributed by atoms with van der Waals surface area (Å²) in [6.45, 7) is 6.19. The number of thiocarbonyl (C=S) groups is 1. The summed E-state index contributed by atoms with van der Waals surface area (Å²) in [6, 6.07) is 3.63. The first-order valence-electron chi connectivity index (χ1n) is 5.52. The SMILES string of the molecule is CC(C)(C)[C@@H](CO)NC(=S)Nc1cccnc1. The number of hydrogen-bond donors (Lipinski definition) is 3. The molecule has 0 spiro atoms. The second kappa shape index (κ2) is 5.93. The van der Waals surface area contributed by atoms with Crippen LogP contribution < -0.4 is 10.6 Å². The summed E-state index contributed by atoms with van der Waals surface area (Å²) in [5.74, 6) is 0. The topological polar surface area (TPSA) is 57.2 Å². The molecule has 17 heavy (non-hydrogen) atoms. The van der Waals surface area contributed by atoms with Crippen LogP contribution >= 0.6 is 12.2 Å². The van der Waals surface area contributed by atoms with Gasteiger partial charge in [0, 0.05) is 6.20 Å². The summed E-state index contributed by atoms with van der Waals surface area (Å²) in [4.78, 5) is 3.99. The Hall–Kier alpha value is -1.20. The molecule has 1 heterocycles. The van der Waals surface area contributed by atoms with Crippen LogP contribution in [-0.2, 0) is 0 Å². The maximum Gasteiger partial charge on any atom is 0.171 e. The number of aromatic nitrogens is 1. The highest BCUT2D eigenvalue weighted by molar-refractivity contribution is 7.80. The summed E-state index contributed by atoms with van der Waals surface area (Å²) in [7, 11) is 0. The molecule has 0 bridgehead atoms. The maximum atomic E-state index is 9.31. The van der Waals surface area contributed by atoms with Crippen molar-refractivity contribution >= 4 is 23.0 Å². The third-order valence-electron chi connectivity index (χ3n) is 2.45. The van der Waals surface area contributed by atoms with E-state index in [4.69, 9.17) is 12.2 Å². The second-order valence-corrected chi connectivity index (χ2v) is 5.35. The van der Waals surface area contributed by atoms with E-state index in [2.05, 4.69) is 15.6 Å². The second-order valence-electron chi connectivity index (χ2n) is 4.94. The van der Waals surface area contributed by atoms with E-state index in [0.29, 0.717) is 5.11 Å². The quantitative estimate of drug-likeness (QED) is 0.717. The van der Waals surface area contributed by atoms with Crippen LogP contribution in [0.2, 0.25) is 0 Å². The molecule has 0 aliphatic heterocycles. The summed E-state index contributed by atoms with van der Waals surface area (Å²) in [5, 5.41) is 15.9. The fourth-order valence-corrected chi connectivity index (χ4v) is 1.56. The van der Waals surface area contributed by atoms with E-state index >= 15 is 0 Å². The average molecular weight is 253 g/mol. The van der Waals surface area contributed by atoms with Crippen molar-refractivity contribution in [3.05, 3.63) is 24.5 Å². The zero-order chi connectivity index (χ0) is 12.9. The van der Waals surface area contributed by atoms with Gasteiger partial charge in [-0.3, -0.25) is 4.98 Å². The number of nitrogens with one attached hydrogen (secondary N) is 2. The van der Waals surface area contributed by atoms with Crippen molar-refractivity contribution in [2.24, 2.45) is 5.41 Å². The third kappa shape index (κ3) is 4.66. The molecule has 0 aromatic carbocycles. The number of rotatable bonds is 3. The summed E-state index contributed by atoms with van der Waals surface area (Å²) in [5.41, 5.74) is 0.769. The first kappa shape index (κ1) is 13.9. The van der Waals surface area contributed by atoms with Crippen LogP contribution in [0, 0.1) is 5.41 Å². The molecule has 0 saturated heterocycles. The van der Waals surface area contributed by atoms with Gasteiger partial charge in [-0.25, -0.2) is 0 Å². The molecule has 3 N–H and O–H groups in total. The van der Waals surface area contributed by atoms with Crippen molar-refractivity contribution in [1.29, 1.82) is 0 Å². The van der Waals surface area contributed by atoms with E-state index in [1.54, 1.807) is 12.4 Å². The van der Waals surface area contributed by atoms with Crippen LogP contribution in [0.5, 0.6) is 0 Å². The van der Waals surface area contributed by atoms with Crippen LogP contribution in [-0.4, -0.2) is 27.9 Å². The molecule has 0 unspecified atom stereocenters. The fraction of sp³-hybridized carbons (Fsp3) is 0.500. The molecule has 1 rings (SSSR count). The predicted molar refractivity (Wildman–Crippen MR) is 73.9 cm³/mol. The number of aliphatic hydroxyl groups excluding tert-OH is 1. The first-order valence-corrected chi connectivity index (χ1v) is 5.92. The van der Waals surface area contributed by atoms with Gasteiger partial charge in [0.2, 0.25) is 0 Å². The van der Waals surface area contributed by atoms with Gasteiger partial charge in [-0.05, 0) is 29.8 Å². The first-order chi connectivity index (χ1) is 7.93. The van der Waals surface area contributed by atoms with Gasteiger partial charge in [-0.1, -0.05) is 20.8 Å². The molecule has 1 atom stereocenters. The zero-order valence-electron chi connectivity index (χ0n) is 10.4. The van der Waals surface area contributed by atoms with E-state index in [9.17, 15) is 5.11 Å². The molecular weight excluding hydrogens is 234 g/mol. The van der Waals surface area contributed by atoms with Gasteiger partial charge >= 0.3 is 0 Å². The van der Waals surface area contributed by atoms with Crippen molar-refractivity contribution in [2.45, 2.75) is 26.8 Å². The molecule has 0 amide bonds. The van der Waals surface area contributed by atoms with Gasteiger partial charge < -0.3 is 15.7 Å². The number of aliphatic hydroxyl groups is 1. The molecule has 5 heteroatoms. The fourth-order valence-electron chi connectivity index (χ4n) is 1.30. The van der Waals surface area contributed by atoms with Gasteiger partial charge in [-0.15, -0.1) is 0 Å². The van der Waals surface area contributed by atoms with E-state index in [0.717, 1.165) is 5.69 Å². The van der Waals surface area contributed by atoms with E-state index in [-0.39, 0.29) is 18.1 Å². The molecule has 0 fully saturated rings. The van der Waals surface area contributed by atoms with Gasteiger partial charge in [0.15, 0.2) is 5.11 Å². The highest BCUT2D eigenvalue weighted by atomic mass is 32.1. The van der Waals surface area contributed by atoms with Crippen molar-refractivity contribution in [3.63, 3.8) is 0 Å². The number of nitrogens with zero attached hydrogens (tertiary/aromatic N) is 1. The summed E-state index contributed by atoms with van der Waals surface area (Å²) in [6.07, 6.45) is 3.40. The molecule has 94 valence electrons. The Labute approximate surface area is 107 Å². The molecular formula is C12H19N3OS. The molecule has 0 aliphatic rings. The van der Waals surface area contributed by atoms with Gasteiger partial charge in [0.25, 0.3) is 0 Å². The Kier molecular flexibility index (Phi) is 4.84. The zero-order valence-corrected chi connectivity index (χ0v) is 11.2. The van der Waals surface area contributed by atoms with E-state index in [1.165, 1.54) is 0 Å². The van der Waals surface area contributed by atoms with Crippen LogP contribution in [0.3, 0.4) is 0 Å². The Balaban J connectivity index is 2.55. The maximum absolute atomic E-state index is 9.31.